The Hall–Kier alpha value is -2.01. The molecule has 0 spiro atoms. The standard InChI is InChI=1S/C15H14BrNO3/c16-11-6-7-14(17)13(10-11)15(18)20-9-8-19-12-4-2-1-3-5-12/h1-7,10H,8-9,17H2. The Kier molecular flexibility index (Phi) is 5.01. The molecule has 2 aromatic carbocycles. The summed E-state index contributed by atoms with van der Waals surface area (Å²) in [6, 6.07) is 14.4. The molecule has 0 bridgehead atoms. The van der Waals surface area contributed by atoms with Crippen molar-refractivity contribution in [3.63, 3.8) is 0 Å². The van der Waals surface area contributed by atoms with Gasteiger partial charge in [0.05, 0.1) is 5.56 Å². The summed E-state index contributed by atoms with van der Waals surface area (Å²) in [4.78, 5) is 11.9. The fourth-order valence-corrected chi connectivity index (χ4v) is 1.95. The Morgan fingerprint density at radius 3 is 2.60 bits per heavy atom. The highest BCUT2D eigenvalue weighted by atomic mass is 79.9. The SMILES string of the molecule is Nc1ccc(Br)cc1C(=O)OCCOc1ccccc1. The molecule has 20 heavy (non-hydrogen) atoms. The summed E-state index contributed by atoms with van der Waals surface area (Å²) in [7, 11) is 0. The van der Waals surface area contributed by atoms with Crippen molar-refractivity contribution in [2.45, 2.75) is 0 Å². The van der Waals surface area contributed by atoms with Crippen molar-refractivity contribution in [2.75, 3.05) is 18.9 Å². The van der Waals surface area contributed by atoms with Crippen LogP contribution >= 0.6 is 15.9 Å². The highest BCUT2D eigenvalue weighted by Gasteiger charge is 2.11. The second-order valence-electron chi connectivity index (χ2n) is 4.03. The molecule has 0 unspecified atom stereocenters. The van der Waals surface area contributed by atoms with E-state index in [0.29, 0.717) is 17.9 Å². The number of esters is 1. The first-order valence-corrected chi connectivity index (χ1v) is 6.86. The molecule has 0 aliphatic rings. The zero-order valence-corrected chi connectivity index (χ0v) is 12.3. The summed E-state index contributed by atoms with van der Waals surface area (Å²) in [5.74, 6) is 0.283. The molecule has 2 N–H and O–H groups in total. The predicted molar refractivity (Wildman–Crippen MR) is 80.8 cm³/mol. The van der Waals surface area contributed by atoms with Crippen molar-refractivity contribution in [3.05, 3.63) is 58.6 Å². The van der Waals surface area contributed by atoms with E-state index in [2.05, 4.69) is 15.9 Å². The van der Waals surface area contributed by atoms with Crippen LogP contribution < -0.4 is 10.5 Å². The largest absolute Gasteiger partial charge is 0.490 e. The Bertz CT molecular complexity index is 587. The van der Waals surface area contributed by atoms with Crippen molar-refractivity contribution >= 4 is 27.6 Å². The number of hydrogen-bond acceptors (Lipinski definition) is 4. The summed E-state index contributed by atoms with van der Waals surface area (Å²) in [6.07, 6.45) is 0. The molecule has 0 radical (unpaired) electrons. The van der Waals surface area contributed by atoms with E-state index in [-0.39, 0.29) is 6.61 Å². The number of benzene rings is 2. The number of carbonyl (C=O) groups excluding carboxylic acids is 1. The van der Waals surface area contributed by atoms with Gasteiger partial charge in [-0.05, 0) is 30.3 Å². The van der Waals surface area contributed by atoms with E-state index in [0.717, 1.165) is 10.2 Å². The Morgan fingerprint density at radius 1 is 1.10 bits per heavy atom. The maximum absolute atomic E-state index is 11.9. The quantitative estimate of drug-likeness (QED) is 0.517. The van der Waals surface area contributed by atoms with Gasteiger partial charge in [-0.1, -0.05) is 34.1 Å². The topological polar surface area (TPSA) is 61.6 Å². The van der Waals surface area contributed by atoms with Gasteiger partial charge in [-0.3, -0.25) is 0 Å². The third kappa shape index (κ3) is 3.99. The molecule has 5 heteroatoms. The number of ether oxygens (including phenoxy) is 2. The summed E-state index contributed by atoms with van der Waals surface area (Å²) < 4.78 is 11.3. The summed E-state index contributed by atoms with van der Waals surface area (Å²) in [6.45, 7) is 0.462. The lowest BCUT2D eigenvalue weighted by Crippen LogP contribution is -2.13. The number of halogens is 1. The van der Waals surface area contributed by atoms with Crippen LogP contribution in [-0.2, 0) is 4.74 Å². The normalized spacial score (nSPS) is 10.1. The van der Waals surface area contributed by atoms with Gasteiger partial charge in [0, 0.05) is 10.2 Å². The van der Waals surface area contributed by atoms with Crippen LogP contribution in [0.4, 0.5) is 5.69 Å². The van der Waals surface area contributed by atoms with Crippen LogP contribution in [-0.4, -0.2) is 19.2 Å². The first-order chi connectivity index (χ1) is 9.66. The molecule has 0 amide bonds. The molecule has 0 saturated heterocycles. The average Bonchev–Trinajstić information content (AvgIpc) is 2.47. The lowest BCUT2D eigenvalue weighted by Gasteiger charge is -2.08. The van der Waals surface area contributed by atoms with E-state index in [1.54, 1.807) is 18.2 Å². The Labute approximate surface area is 125 Å². The van der Waals surface area contributed by atoms with Crippen LogP contribution in [0.25, 0.3) is 0 Å². The molecule has 0 aromatic heterocycles. The first-order valence-electron chi connectivity index (χ1n) is 6.07. The van der Waals surface area contributed by atoms with Gasteiger partial charge in [-0.25, -0.2) is 4.79 Å². The molecule has 0 atom stereocenters. The molecule has 0 aliphatic heterocycles. The highest BCUT2D eigenvalue weighted by molar-refractivity contribution is 9.10. The van der Waals surface area contributed by atoms with Gasteiger partial charge in [0.1, 0.15) is 19.0 Å². The smallest absolute Gasteiger partial charge is 0.340 e. The van der Waals surface area contributed by atoms with Gasteiger partial charge in [-0.15, -0.1) is 0 Å². The van der Waals surface area contributed by atoms with Crippen molar-refractivity contribution in [1.82, 2.24) is 0 Å². The van der Waals surface area contributed by atoms with Gasteiger partial charge in [0.25, 0.3) is 0 Å². The molecule has 4 nitrogen and oxygen atoms in total. The van der Waals surface area contributed by atoms with Gasteiger partial charge >= 0.3 is 5.97 Å². The van der Waals surface area contributed by atoms with E-state index in [1.807, 2.05) is 30.3 Å². The number of carbonyl (C=O) groups is 1. The third-order valence-corrected chi connectivity index (χ3v) is 3.06. The lowest BCUT2D eigenvalue weighted by molar-refractivity contribution is 0.0451. The number of hydrogen-bond donors (Lipinski definition) is 1. The highest BCUT2D eigenvalue weighted by Crippen LogP contribution is 2.19. The Morgan fingerprint density at radius 2 is 1.85 bits per heavy atom. The Balaban J connectivity index is 1.82. The minimum Gasteiger partial charge on any atom is -0.490 e. The third-order valence-electron chi connectivity index (χ3n) is 2.56. The second kappa shape index (κ2) is 6.96. The van der Waals surface area contributed by atoms with Gasteiger partial charge in [0.15, 0.2) is 0 Å². The van der Waals surface area contributed by atoms with E-state index in [4.69, 9.17) is 15.2 Å². The number of nitrogen functional groups attached to an aromatic ring is 1. The average molecular weight is 336 g/mol. The van der Waals surface area contributed by atoms with Crippen LogP contribution in [0, 0.1) is 0 Å². The monoisotopic (exact) mass is 335 g/mol. The molecule has 0 saturated carbocycles. The molecular weight excluding hydrogens is 322 g/mol. The zero-order valence-electron chi connectivity index (χ0n) is 10.7. The molecule has 2 rings (SSSR count). The first kappa shape index (κ1) is 14.4. The molecule has 0 aliphatic carbocycles. The van der Waals surface area contributed by atoms with Gasteiger partial charge in [-0.2, -0.15) is 0 Å². The van der Waals surface area contributed by atoms with E-state index in [1.165, 1.54) is 0 Å². The van der Waals surface area contributed by atoms with Crippen molar-refractivity contribution in [2.24, 2.45) is 0 Å². The maximum Gasteiger partial charge on any atom is 0.340 e. The zero-order chi connectivity index (χ0) is 14.4. The summed E-state index contributed by atoms with van der Waals surface area (Å²) in [5.41, 5.74) is 6.47. The van der Waals surface area contributed by atoms with Crippen LogP contribution in [0.1, 0.15) is 10.4 Å². The lowest BCUT2D eigenvalue weighted by atomic mass is 10.2. The molecule has 104 valence electrons. The van der Waals surface area contributed by atoms with Gasteiger partial charge < -0.3 is 15.2 Å². The molecular formula is C15H14BrNO3. The van der Waals surface area contributed by atoms with Crippen LogP contribution in [0.3, 0.4) is 0 Å². The summed E-state index contributed by atoms with van der Waals surface area (Å²) >= 11 is 3.29. The predicted octanol–water partition coefficient (Wildman–Crippen LogP) is 3.27. The second-order valence-corrected chi connectivity index (χ2v) is 4.94. The number of rotatable bonds is 5. The number of anilines is 1. The maximum atomic E-state index is 11.9. The fraction of sp³-hybridized carbons (Fsp3) is 0.133. The number of para-hydroxylation sites is 1. The van der Waals surface area contributed by atoms with Crippen molar-refractivity contribution < 1.29 is 14.3 Å². The van der Waals surface area contributed by atoms with Crippen LogP contribution in [0.2, 0.25) is 0 Å². The summed E-state index contributed by atoms with van der Waals surface area (Å²) in [5, 5.41) is 0. The molecule has 0 heterocycles. The van der Waals surface area contributed by atoms with E-state index >= 15 is 0 Å². The minimum absolute atomic E-state index is 0.166. The van der Waals surface area contributed by atoms with Gasteiger partial charge in [0.2, 0.25) is 0 Å². The minimum atomic E-state index is -0.458. The molecule has 2 aromatic rings. The van der Waals surface area contributed by atoms with Crippen LogP contribution in [0.5, 0.6) is 5.75 Å². The van der Waals surface area contributed by atoms with Crippen molar-refractivity contribution in [1.29, 1.82) is 0 Å². The van der Waals surface area contributed by atoms with Crippen LogP contribution in [0.15, 0.2) is 53.0 Å². The van der Waals surface area contributed by atoms with Crippen molar-refractivity contribution in [3.8, 4) is 5.75 Å². The molecule has 0 fully saturated rings. The van der Waals surface area contributed by atoms with E-state index in [9.17, 15) is 4.79 Å². The number of nitrogens with two attached hydrogens (primary N) is 1. The van der Waals surface area contributed by atoms with E-state index < -0.39 is 5.97 Å². The fourth-order valence-electron chi connectivity index (χ4n) is 1.59.